The first-order chi connectivity index (χ1) is 12.5. The molecule has 26 heavy (non-hydrogen) atoms. The van der Waals surface area contributed by atoms with Gasteiger partial charge in [0.15, 0.2) is 0 Å². The maximum atomic E-state index is 12.5. The molecule has 2 rings (SSSR count). The van der Waals surface area contributed by atoms with Gasteiger partial charge in [0.1, 0.15) is 5.75 Å². The largest absolute Gasteiger partial charge is 0.494 e. The number of hydrogen-bond acceptors (Lipinski definition) is 4. The predicted octanol–water partition coefficient (Wildman–Crippen LogP) is 3.75. The molecular formula is C20H25N3O3. The lowest BCUT2D eigenvalue weighted by molar-refractivity contribution is -0.114. The summed E-state index contributed by atoms with van der Waals surface area (Å²) in [5.41, 5.74) is 2.81. The zero-order valence-electron chi connectivity index (χ0n) is 15.6. The summed E-state index contributed by atoms with van der Waals surface area (Å²) in [6.45, 7) is 7.46. The minimum Gasteiger partial charge on any atom is -0.494 e. The van der Waals surface area contributed by atoms with Gasteiger partial charge in [-0.25, -0.2) is 0 Å². The van der Waals surface area contributed by atoms with Crippen LogP contribution in [0.3, 0.4) is 0 Å². The second-order valence-corrected chi connectivity index (χ2v) is 5.77. The highest BCUT2D eigenvalue weighted by Gasteiger charge is 2.10. The van der Waals surface area contributed by atoms with Crippen molar-refractivity contribution >= 4 is 28.9 Å². The standard InChI is InChI=1S/C20H25N3O3/c1-5-23(6-2)17-10-7-15(8-11-17)20(25)22-16-9-12-18(21-14(3)24)19(13-16)26-4/h7-13H,5-6H2,1-4H3,(H,21,24)(H,22,25). The fourth-order valence-electron chi connectivity index (χ4n) is 2.68. The average molecular weight is 355 g/mol. The Morgan fingerprint density at radius 1 is 1.00 bits per heavy atom. The van der Waals surface area contributed by atoms with Crippen LogP contribution in [-0.4, -0.2) is 32.0 Å². The molecule has 0 radical (unpaired) electrons. The Hall–Kier alpha value is -3.02. The molecule has 0 aromatic heterocycles. The third-order valence-corrected chi connectivity index (χ3v) is 4.03. The second-order valence-electron chi connectivity index (χ2n) is 5.77. The number of hydrogen-bond donors (Lipinski definition) is 2. The Morgan fingerprint density at radius 3 is 2.19 bits per heavy atom. The highest BCUT2D eigenvalue weighted by atomic mass is 16.5. The number of carbonyl (C=O) groups excluding carboxylic acids is 2. The van der Waals surface area contributed by atoms with Gasteiger partial charge in [0.05, 0.1) is 12.8 Å². The third kappa shape index (κ3) is 4.75. The van der Waals surface area contributed by atoms with Crippen LogP contribution < -0.4 is 20.3 Å². The van der Waals surface area contributed by atoms with E-state index in [0.717, 1.165) is 18.8 Å². The van der Waals surface area contributed by atoms with Crippen LogP contribution in [0.15, 0.2) is 42.5 Å². The van der Waals surface area contributed by atoms with Crippen LogP contribution in [-0.2, 0) is 4.79 Å². The zero-order chi connectivity index (χ0) is 19.1. The highest BCUT2D eigenvalue weighted by Crippen LogP contribution is 2.28. The molecule has 0 spiro atoms. The normalized spacial score (nSPS) is 10.2. The molecule has 0 saturated heterocycles. The molecule has 6 heteroatoms. The Labute approximate surface area is 154 Å². The predicted molar refractivity (Wildman–Crippen MR) is 105 cm³/mol. The first-order valence-corrected chi connectivity index (χ1v) is 8.60. The van der Waals surface area contributed by atoms with Crippen LogP contribution in [0.25, 0.3) is 0 Å². The average Bonchev–Trinajstić information content (AvgIpc) is 2.64. The van der Waals surface area contributed by atoms with Crippen LogP contribution in [0.1, 0.15) is 31.1 Å². The number of anilines is 3. The quantitative estimate of drug-likeness (QED) is 0.793. The summed E-state index contributed by atoms with van der Waals surface area (Å²) in [5.74, 6) is 0.0914. The van der Waals surface area contributed by atoms with Crippen molar-refractivity contribution in [1.82, 2.24) is 0 Å². The molecule has 0 bridgehead atoms. The molecule has 0 unspecified atom stereocenters. The van der Waals surface area contributed by atoms with Gasteiger partial charge in [-0.3, -0.25) is 9.59 Å². The molecule has 6 nitrogen and oxygen atoms in total. The van der Waals surface area contributed by atoms with Crippen molar-refractivity contribution < 1.29 is 14.3 Å². The van der Waals surface area contributed by atoms with Gasteiger partial charge in [-0.1, -0.05) is 0 Å². The monoisotopic (exact) mass is 355 g/mol. The molecule has 0 aliphatic carbocycles. The summed E-state index contributed by atoms with van der Waals surface area (Å²) in [6.07, 6.45) is 0. The van der Waals surface area contributed by atoms with Gasteiger partial charge >= 0.3 is 0 Å². The summed E-state index contributed by atoms with van der Waals surface area (Å²) in [6, 6.07) is 12.6. The SMILES string of the molecule is CCN(CC)c1ccc(C(=O)Nc2ccc(NC(C)=O)c(OC)c2)cc1. The third-order valence-electron chi connectivity index (χ3n) is 4.03. The molecule has 0 atom stereocenters. The summed E-state index contributed by atoms with van der Waals surface area (Å²) in [5, 5.41) is 5.53. The Kier molecular flexibility index (Phi) is 6.60. The van der Waals surface area contributed by atoms with E-state index in [2.05, 4.69) is 29.4 Å². The van der Waals surface area contributed by atoms with Crippen LogP contribution in [0, 0.1) is 0 Å². The van der Waals surface area contributed by atoms with E-state index in [0.29, 0.717) is 22.7 Å². The zero-order valence-corrected chi connectivity index (χ0v) is 15.6. The topological polar surface area (TPSA) is 70.7 Å². The number of nitrogens with one attached hydrogen (secondary N) is 2. The van der Waals surface area contributed by atoms with E-state index in [-0.39, 0.29) is 11.8 Å². The number of ether oxygens (including phenoxy) is 1. The van der Waals surface area contributed by atoms with E-state index in [1.807, 2.05) is 24.3 Å². The van der Waals surface area contributed by atoms with Crippen LogP contribution in [0.4, 0.5) is 17.1 Å². The number of methoxy groups -OCH3 is 1. The van der Waals surface area contributed by atoms with Crippen molar-refractivity contribution in [2.24, 2.45) is 0 Å². The van der Waals surface area contributed by atoms with E-state index < -0.39 is 0 Å². The molecule has 0 saturated carbocycles. The first kappa shape index (κ1) is 19.3. The van der Waals surface area contributed by atoms with Crippen molar-refractivity contribution in [3.63, 3.8) is 0 Å². The van der Waals surface area contributed by atoms with Crippen LogP contribution in [0.2, 0.25) is 0 Å². The number of rotatable bonds is 7. The summed E-state index contributed by atoms with van der Waals surface area (Å²) in [7, 11) is 1.51. The van der Waals surface area contributed by atoms with Gasteiger partial charge in [-0.2, -0.15) is 0 Å². The van der Waals surface area contributed by atoms with Crippen molar-refractivity contribution in [3.8, 4) is 5.75 Å². The van der Waals surface area contributed by atoms with Crippen molar-refractivity contribution in [2.45, 2.75) is 20.8 Å². The van der Waals surface area contributed by atoms with E-state index in [4.69, 9.17) is 4.74 Å². The smallest absolute Gasteiger partial charge is 0.255 e. The maximum Gasteiger partial charge on any atom is 0.255 e. The first-order valence-electron chi connectivity index (χ1n) is 8.60. The summed E-state index contributed by atoms with van der Waals surface area (Å²) < 4.78 is 5.27. The second kappa shape index (κ2) is 8.89. The van der Waals surface area contributed by atoms with E-state index in [1.165, 1.54) is 14.0 Å². The summed E-state index contributed by atoms with van der Waals surface area (Å²) >= 11 is 0. The summed E-state index contributed by atoms with van der Waals surface area (Å²) in [4.78, 5) is 25.9. The Bertz CT molecular complexity index is 768. The number of nitrogens with zero attached hydrogens (tertiary/aromatic N) is 1. The maximum absolute atomic E-state index is 12.5. The van der Waals surface area contributed by atoms with Gasteiger partial charge in [0, 0.05) is 43.0 Å². The molecule has 0 heterocycles. The molecule has 2 amide bonds. The molecule has 2 aromatic carbocycles. The molecule has 0 fully saturated rings. The molecule has 0 aliphatic rings. The highest BCUT2D eigenvalue weighted by molar-refractivity contribution is 6.04. The minimum atomic E-state index is -0.203. The number of amides is 2. The van der Waals surface area contributed by atoms with Crippen molar-refractivity contribution in [1.29, 1.82) is 0 Å². The number of benzene rings is 2. The molecule has 0 aliphatic heterocycles. The van der Waals surface area contributed by atoms with Gasteiger partial charge in [0.2, 0.25) is 5.91 Å². The molecule has 138 valence electrons. The Morgan fingerprint density at radius 2 is 1.65 bits per heavy atom. The molecule has 2 aromatic rings. The molecule has 2 N–H and O–H groups in total. The van der Waals surface area contributed by atoms with E-state index >= 15 is 0 Å². The minimum absolute atomic E-state index is 0.187. The van der Waals surface area contributed by atoms with Gasteiger partial charge in [0.25, 0.3) is 5.91 Å². The molecular weight excluding hydrogens is 330 g/mol. The van der Waals surface area contributed by atoms with Gasteiger partial charge < -0.3 is 20.3 Å². The van der Waals surface area contributed by atoms with Crippen LogP contribution in [0.5, 0.6) is 5.75 Å². The fraction of sp³-hybridized carbons (Fsp3) is 0.300. The van der Waals surface area contributed by atoms with Crippen LogP contribution >= 0.6 is 0 Å². The van der Waals surface area contributed by atoms with Crippen molar-refractivity contribution in [2.75, 3.05) is 35.7 Å². The lowest BCUT2D eigenvalue weighted by Crippen LogP contribution is -2.21. The van der Waals surface area contributed by atoms with Gasteiger partial charge in [-0.15, -0.1) is 0 Å². The Balaban J connectivity index is 2.13. The van der Waals surface area contributed by atoms with E-state index in [1.54, 1.807) is 18.2 Å². The van der Waals surface area contributed by atoms with Gasteiger partial charge in [-0.05, 0) is 50.2 Å². The number of carbonyl (C=O) groups is 2. The fourth-order valence-corrected chi connectivity index (χ4v) is 2.68. The lowest BCUT2D eigenvalue weighted by atomic mass is 10.1. The van der Waals surface area contributed by atoms with E-state index in [9.17, 15) is 9.59 Å². The van der Waals surface area contributed by atoms with Crippen molar-refractivity contribution in [3.05, 3.63) is 48.0 Å². The lowest BCUT2D eigenvalue weighted by Gasteiger charge is -2.21.